The van der Waals surface area contributed by atoms with Gasteiger partial charge in [0.2, 0.25) is 0 Å². The molecular formula is C6HBrClF3OS. The minimum Gasteiger partial charge on any atom is -0.283 e. The predicted molar refractivity (Wildman–Crippen MR) is 47.4 cm³/mol. The first-order valence-electron chi connectivity index (χ1n) is 2.88. The Bertz CT molecular complexity index is 327. The van der Waals surface area contributed by atoms with E-state index in [2.05, 4.69) is 15.9 Å². The van der Waals surface area contributed by atoms with Gasteiger partial charge < -0.3 is 0 Å². The highest BCUT2D eigenvalue weighted by atomic mass is 79.9. The molecule has 0 amide bonds. The van der Waals surface area contributed by atoms with Gasteiger partial charge in [-0.05, 0) is 22.0 Å². The van der Waals surface area contributed by atoms with Gasteiger partial charge in [0, 0.05) is 0 Å². The highest BCUT2D eigenvalue weighted by Gasteiger charge is 2.40. The average molecular weight is 293 g/mol. The van der Waals surface area contributed by atoms with Gasteiger partial charge >= 0.3 is 6.18 Å². The van der Waals surface area contributed by atoms with Gasteiger partial charge in [-0.1, -0.05) is 11.6 Å². The molecule has 0 N–H and O–H groups in total. The topological polar surface area (TPSA) is 17.1 Å². The molecule has 0 saturated carbocycles. The molecule has 1 aromatic heterocycles. The first-order chi connectivity index (χ1) is 5.82. The Labute approximate surface area is 88.6 Å². The van der Waals surface area contributed by atoms with Crippen molar-refractivity contribution < 1.29 is 18.0 Å². The molecule has 1 heterocycles. The Morgan fingerprint density at radius 3 is 2.38 bits per heavy atom. The fourth-order valence-corrected chi connectivity index (χ4v) is 2.26. The van der Waals surface area contributed by atoms with E-state index in [4.69, 9.17) is 11.6 Å². The summed E-state index contributed by atoms with van der Waals surface area (Å²) in [6, 6.07) is 0.992. The maximum atomic E-state index is 11.9. The third kappa shape index (κ3) is 2.45. The van der Waals surface area contributed by atoms with Crippen LogP contribution >= 0.6 is 38.9 Å². The molecule has 1 aromatic rings. The highest BCUT2D eigenvalue weighted by Crippen LogP contribution is 2.35. The van der Waals surface area contributed by atoms with Crippen LogP contribution in [0.4, 0.5) is 13.2 Å². The van der Waals surface area contributed by atoms with E-state index >= 15 is 0 Å². The fourth-order valence-electron chi connectivity index (χ4n) is 0.598. The zero-order valence-corrected chi connectivity index (χ0v) is 8.94. The largest absolute Gasteiger partial charge is 0.455 e. The van der Waals surface area contributed by atoms with Gasteiger partial charge in [0.05, 0.1) is 13.7 Å². The van der Waals surface area contributed by atoms with Crippen LogP contribution in [0.3, 0.4) is 0 Å². The molecule has 0 saturated heterocycles. The normalized spacial score (nSPS) is 11.8. The number of Topliss-reactive ketones (excluding diaryl/α,β-unsaturated/α-hetero) is 1. The summed E-state index contributed by atoms with van der Waals surface area (Å²) >= 11 is 9.05. The summed E-state index contributed by atoms with van der Waals surface area (Å²) in [6.45, 7) is 0. The Morgan fingerprint density at radius 2 is 2.08 bits per heavy atom. The summed E-state index contributed by atoms with van der Waals surface area (Å²) in [7, 11) is 0. The van der Waals surface area contributed by atoms with E-state index in [1.807, 2.05) is 0 Å². The summed E-state index contributed by atoms with van der Waals surface area (Å²) in [4.78, 5) is 10.2. The zero-order chi connectivity index (χ0) is 10.2. The molecule has 1 rings (SSSR count). The summed E-state index contributed by atoms with van der Waals surface area (Å²) in [5, 5.41) is 0.109. The number of carbonyl (C=O) groups is 1. The third-order valence-electron chi connectivity index (χ3n) is 1.13. The molecule has 0 fully saturated rings. The van der Waals surface area contributed by atoms with Crippen LogP contribution in [0.2, 0.25) is 5.02 Å². The van der Waals surface area contributed by atoms with Crippen LogP contribution in [0.1, 0.15) is 9.67 Å². The molecule has 7 heteroatoms. The Morgan fingerprint density at radius 1 is 1.54 bits per heavy atom. The number of thiophene rings is 1. The van der Waals surface area contributed by atoms with Crippen molar-refractivity contribution in [1.29, 1.82) is 0 Å². The van der Waals surface area contributed by atoms with Crippen LogP contribution in [-0.4, -0.2) is 12.0 Å². The molecule has 0 aliphatic carbocycles. The lowest BCUT2D eigenvalue weighted by Gasteiger charge is -2.00. The van der Waals surface area contributed by atoms with Crippen molar-refractivity contribution in [3.8, 4) is 0 Å². The second-order valence-electron chi connectivity index (χ2n) is 2.06. The molecule has 0 bridgehead atoms. The molecule has 0 atom stereocenters. The second kappa shape index (κ2) is 3.59. The Hall–Kier alpha value is -0.0700. The van der Waals surface area contributed by atoms with Gasteiger partial charge in [0.25, 0.3) is 5.78 Å². The maximum Gasteiger partial charge on any atom is 0.455 e. The van der Waals surface area contributed by atoms with E-state index in [0.29, 0.717) is 15.1 Å². The van der Waals surface area contributed by atoms with Gasteiger partial charge in [-0.25, -0.2) is 0 Å². The summed E-state index contributed by atoms with van der Waals surface area (Å²) < 4.78 is 35.9. The number of halogens is 5. The Kier molecular flexibility index (Phi) is 3.04. The molecule has 0 aliphatic rings. The van der Waals surface area contributed by atoms with Crippen LogP contribution in [0, 0.1) is 0 Å². The molecular weight excluding hydrogens is 292 g/mol. The molecule has 13 heavy (non-hydrogen) atoms. The van der Waals surface area contributed by atoms with Crippen molar-refractivity contribution >= 4 is 44.7 Å². The van der Waals surface area contributed by atoms with Gasteiger partial charge in [0.1, 0.15) is 0 Å². The molecule has 0 aromatic carbocycles. The van der Waals surface area contributed by atoms with Crippen molar-refractivity contribution in [3.63, 3.8) is 0 Å². The third-order valence-corrected chi connectivity index (χ3v) is 3.60. The van der Waals surface area contributed by atoms with Crippen LogP contribution in [-0.2, 0) is 0 Å². The second-order valence-corrected chi connectivity index (χ2v) is 4.84. The van der Waals surface area contributed by atoms with Crippen molar-refractivity contribution in [2.24, 2.45) is 0 Å². The predicted octanol–water partition coefficient (Wildman–Crippen LogP) is 3.91. The van der Waals surface area contributed by atoms with E-state index in [9.17, 15) is 18.0 Å². The van der Waals surface area contributed by atoms with Gasteiger partial charge in [-0.2, -0.15) is 13.2 Å². The first kappa shape index (κ1) is 11.0. The number of rotatable bonds is 1. The van der Waals surface area contributed by atoms with E-state index < -0.39 is 16.8 Å². The molecule has 0 radical (unpaired) electrons. The van der Waals surface area contributed by atoms with Crippen molar-refractivity contribution in [3.05, 3.63) is 19.8 Å². The smallest absolute Gasteiger partial charge is 0.283 e. The summed E-state index contributed by atoms with van der Waals surface area (Å²) in [6.07, 6.45) is -4.84. The van der Waals surface area contributed by atoms with Crippen LogP contribution in [0.5, 0.6) is 0 Å². The van der Waals surface area contributed by atoms with Crippen molar-refractivity contribution in [2.45, 2.75) is 6.18 Å². The average Bonchev–Trinajstić information content (AvgIpc) is 2.29. The van der Waals surface area contributed by atoms with E-state index in [1.54, 1.807) is 0 Å². The monoisotopic (exact) mass is 292 g/mol. The van der Waals surface area contributed by atoms with Crippen LogP contribution in [0.15, 0.2) is 9.85 Å². The highest BCUT2D eigenvalue weighted by molar-refractivity contribution is 9.11. The van der Waals surface area contributed by atoms with E-state index in [-0.39, 0.29) is 5.02 Å². The van der Waals surface area contributed by atoms with E-state index in [0.717, 1.165) is 6.07 Å². The van der Waals surface area contributed by atoms with Gasteiger partial charge in [-0.3, -0.25) is 4.79 Å². The number of hydrogen-bond acceptors (Lipinski definition) is 2. The SMILES string of the molecule is O=C(c1cc(Cl)c(Br)s1)C(F)(F)F. The lowest BCUT2D eigenvalue weighted by atomic mass is 10.3. The number of ketones is 1. The summed E-state index contributed by atoms with van der Waals surface area (Å²) in [5.74, 6) is -1.87. The fraction of sp³-hybridized carbons (Fsp3) is 0.167. The molecule has 0 spiro atoms. The number of hydrogen-bond donors (Lipinski definition) is 0. The minimum absolute atomic E-state index is 0.109. The maximum absolute atomic E-state index is 11.9. The van der Waals surface area contributed by atoms with Crippen molar-refractivity contribution in [2.75, 3.05) is 0 Å². The van der Waals surface area contributed by atoms with Crippen molar-refractivity contribution in [1.82, 2.24) is 0 Å². The molecule has 1 nitrogen and oxygen atoms in total. The number of carbonyl (C=O) groups excluding carboxylic acids is 1. The van der Waals surface area contributed by atoms with E-state index in [1.165, 1.54) is 0 Å². The minimum atomic E-state index is -4.84. The lowest BCUT2D eigenvalue weighted by molar-refractivity contribution is -0.0882. The van der Waals surface area contributed by atoms with Gasteiger partial charge in [-0.15, -0.1) is 11.3 Å². The first-order valence-corrected chi connectivity index (χ1v) is 4.87. The molecule has 72 valence electrons. The number of alkyl halides is 3. The summed E-state index contributed by atoms with van der Waals surface area (Å²) in [5.41, 5.74) is 0. The Balaban J connectivity index is 3.03. The lowest BCUT2D eigenvalue weighted by Crippen LogP contribution is -2.21. The quantitative estimate of drug-likeness (QED) is 0.718. The van der Waals surface area contributed by atoms with Crippen LogP contribution < -0.4 is 0 Å². The zero-order valence-electron chi connectivity index (χ0n) is 5.78. The molecule has 0 aliphatic heterocycles. The standard InChI is InChI=1S/C6HBrClF3OS/c7-5-2(8)1-3(13-5)4(12)6(9,10)11/h1H. The van der Waals surface area contributed by atoms with Gasteiger partial charge in [0.15, 0.2) is 0 Å². The molecule has 0 unspecified atom stereocenters. The van der Waals surface area contributed by atoms with Crippen LogP contribution in [0.25, 0.3) is 0 Å².